The van der Waals surface area contributed by atoms with Crippen molar-refractivity contribution in [3.05, 3.63) is 51.7 Å². The van der Waals surface area contributed by atoms with Gasteiger partial charge in [-0.1, -0.05) is 0 Å². The van der Waals surface area contributed by atoms with Crippen LogP contribution in [0.4, 0.5) is 9.39 Å². The number of anilines is 1. The molecular formula is C19H21FN3OS+. The molecule has 0 spiro atoms. The van der Waals surface area contributed by atoms with E-state index in [2.05, 4.69) is 44.4 Å². The van der Waals surface area contributed by atoms with E-state index in [0.29, 0.717) is 16.1 Å². The summed E-state index contributed by atoms with van der Waals surface area (Å²) in [5, 5.41) is 15.4. The number of amides is 1. The Labute approximate surface area is 150 Å². The monoisotopic (exact) mass is 358 g/mol. The van der Waals surface area contributed by atoms with Gasteiger partial charge in [-0.05, 0) is 57.5 Å². The van der Waals surface area contributed by atoms with Crippen LogP contribution in [0.2, 0.25) is 0 Å². The van der Waals surface area contributed by atoms with Gasteiger partial charge in [-0.15, -0.1) is 11.3 Å². The Bertz CT molecular complexity index is 875. The van der Waals surface area contributed by atoms with Gasteiger partial charge in [0.2, 0.25) is 0 Å². The minimum atomic E-state index is -0.389. The van der Waals surface area contributed by atoms with Gasteiger partial charge in [0, 0.05) is 12.0 Å². The van der Waals surface area contributed by atoms with E-state index in [1.807, 2.05) is 0 Å². The quantitative estimate of drug-likeness (QED) is 0.866. The Balaban J connectivity index is 1.99. The van der Waals surface area contributed by atoms with E-state index in [9.17, 15) is 14.4 Å². The van der Waals surface area contributed by atoms with Crippen LogP contribution in [-0.2, 0) is 12.0 Å². The molecule has 0 unspecified atom stereocenters. The molecule has 0 saturated carbocycles. The van der Waals surface area contributed by atoms with Crippen molar-refractivity contribution in [3.8, 4) is 6.07 Å². The van der Waals surface area contributed by atoms with E-state index in [0.717, 1.165) is 16.9 Å². The zero-order valence-electron chi connectivity index (χ0n) is 14.7. The van der Waals surface area contributed by atoms with E-state index in [4.69, 9.17) is 0 Å². The van der Waals surface area contributed by atoms with Gasteiger partial charge in [0.25, 0.3) is 5.91 Å². The van der Waals surface area contributed by atoms with E-state index in [1.54, 1.807) is 0 Å². The first-order valence-corrected chi connectivity index (χ1v) is 8.95. The minimum absolute atomic E-state index is 0.0125. The molecule has 1 amide bonds. The molecule has 3 rings (SSSR count). The summed E-state index contributed by atoms with van der Waals surface area (Å²) >= 11 is 1.46. The third kappa shape index (κ3) is 3.30. The molecule has 1 aliphatic heterocycles. The summed E-state index contributed by atoms with van der Waals surface area (Å²) in [5.74, 6) is -0.725. The molecule has 3 N–H and O–H groups in total. The van der Waals surface area contributed by atoms with Gasteiger partial charge in [0.15, 0.2) is 0 Å². The Morgan fingerprint density at radius 2 is 1.92 bits per heavy atom. The Morgan fingerprint density at radius 1 is 1.28 bits per heavy atom. The summed E-state index contributed by atoms with van der Waals surface area (Å²) in [6, 6.07) is 7.64. The number of fused-ring (bicyclic) bond motifs is 1. The molecule has 1 aliphatic rings. The van der Waals surface area contributed by atoms with Crippen LogP contribution in [0.1, 0.15) is 54.1 Å². The maximum Gasteiger partial charge on any atom is 0.256 e. The number of carbonyl (C=O) groups is 1. The lowest BCUT2D eigenvalue weighted by molar-refractivity contribution is -0.789. The number of carbonyl (C=O) groups excluding carboxylic acids is 1. The number of rotatable bonds is 2. The molecular weight excluding hydrogens is 337 g/mol. The number of hydrogen-bond donors (Lipinski definition) is 2. The molecule has 2 heterocycles. The number of hydrogen-bond acceptors (Lipinski definition) is 3. The van der Waals surface area contributed by atoms with Crippen LogP contribution in [0, 0.1) is 17.1 Å². The largest absolute Gasteiger partial charge is 0.333 e. The number of nitrogens with zero attached hydrogens (tertiary/aromatic N) is 1. The zero-order chi connectivity index (χ0) is 18.4. The van der Waals surface area contributed by atoms with Crippen molar-refractivity contribution in [2.45, 2.75) is 45.2 Å². The summed E-state index contributed by atoms with van der Waals surface area (Å²) in [6.45, 7) is 8.59. The highest BCUT2D eigenvalue weighted by Gasteiger charge is 2.44. The maximum atomic E-state index is 13.0. The van der Waals surface area contributed by atoms with E-state index < -0.39 is 0 Å². The van der Waals surface area contributed by atoms with Crippen molar-refractivity contribution in [2.24, 2.45) is 0 Å². The summed E-state index contributed by atoms with van der Waals surface area (Å²) in [7, 11) is 0. The molecule has 0 atom stereocenters. The van der Waals surface area contributed by atoms with Gasteiger partial charge in [0.1, 0.15) is 22.4 Å². The summed E-state index contributed by atoms with van der Waals surface area (Å²) in [5.41, 5.74) is 1.76. The van der Waals surface area contributed by atoms with Crippen LogP contribution < -0.4 is 10.6 Å². The molecule has 0 bridgehead atoms. The molecule has 1 aromatic carbocycles. The van der Waals surface area contributed by atoms with Crippen molar-refractivity contribution in [1.82, 2.24) is 0 Å². The zero-order valence-corrected chi connectivity index (χ0v) is 15.6. The summed E-state index contributed by atoms with van der Waals surface area (Å²) in [4.78, 5) is 13.6. The van der Waals surface area contributed by atoms with Gasteiger partial charge in [0.05, 0.1) is 16.0 Å². The first kappa shape index (κ1) is 17.6. The lowest BCUT2D eigenvalue weighted by atomic mass is 9.81. The van der Waals surface area contributed by atoms with Crippen molar-refractivity contribution >= 4 is 22.2 Å². The fourth-order valence-electron chi connectivity index (χ4n) is 3.69. The molecule has 6 heteroatoms. The summed E-state index contributed by atoms with van der Waals surface area (Å²) in [6.07, 6.45) is 0.775. The van der Waals surface area contributed by atoms with Crippen LogP contribution in [0.15, 0.2) is 24.3 Å². The second kappa shape index (κ2) is 5.94. The lowest BCUT2D eigenvalue weighted by Crippen LogP contribution is -3.03. The molecule has 2 aromatic rings. The van der Waals surface area contributed by atoms with Gasteiger partial charge < -0.3 is 10.6 Å². The molecule has 4 nitrogen and oxygen atoms in total. The maximum absolute atomic E-state index is 13.0. The summed E-state index contributed by atoms with van der Waals surface area (Å²) < 4.78 is 13.0. The van der Waals surface area contributed by atoms with Crippen LogP contribution in [0.3, 0.4) is 0 Å². The normalized spacial score (nSPS) is 17.4. The molecule has 0 fully saturated rings. The Hall–Kier alpha value is -2.23. The number of nitrogens with one attached hydrogen (secondary N) is 1. The van der Waals surface area contributed by atoms with Gasteiger partial charge in [-0.2, -0.15) is 5.26 Å². The van der Waals surface area contributed by atoms with E-state index in [-0.39, 0.29) is 22.8 Å². The molecule has 0 aliphatic carbocycles. The van der Waals surface area contributed by atoms with Crippen molar-refractivity contribution < 1.29 is 14.5 Å². The fourth-order valence-corrected chi connectivity index (χ4v) is 4.92. The average molecular weight is 358 g/mol. The van der Waals surface area contributed by atoms with Crippen LogP contribution >= 0.6 is 11.3 Å². The van der Waals surface area contributed by atoms with Crippen molar-refractivity contribution in [2.75, 3.05) is 5.32 Å². The SMILES string of the molecule is CC1(C)Cc2c(sc(NC(=O)c3ccc(F)cc3)c2C#N)C(C)(C)[NH2+]1. The number of quaternary nitrogens is 1. The highest BCUT2D eigenvalue weighted by atomic mass is 32.1. The third-order valence-electron chi connectivity index (χ3n) is 4.42. The second-order valence-electron chi connectivity index (χ2n) is 7.72. The predicted molar refractivity (Wildman–Crippen MR) is 96.1 cm³/mol. The van der Waals surface area contributed by atoms with E-state index >= 15 is 0 Å². The molecule has 130 valence electrons. The number of nitrogens with two attached hydrogens (primary N) is 1. The van der Waals surface area contributed by atoms with Crippen LogP contribution in [0.5, 0.6) is 0 Å². The average Bonchev–Trinajstić information content (AvgIpc) is 2.83. The molecule has 1 aromatic heterocycles. The number of nitriles is 1. The van der Waals surface area contributed by atoms with Crippen molar-refractivity contribution in [3.63, 3.8) is 0 Å². The second-order valence-corrected chi connectivity index (χ2v) is 8.74. The number of benzene rings is 1. The third-order valence-corrected chi connectivity index (χ3v) is 5.91. The number of thiophene rings is 1. The Morgan fingerprint density at radius 3 is 2.52 bits per heavy atom. The first-order chi connectivity index (χ1) is 11.6. The highest BCUT2D eigenvalue weighted by Crippen LogP contribution is 2.41. The van der Waals surface area contributed by atoms with Gasteiger partial charge in [-0.3, -0.25) is 4.79 Å². The van der Waals surface area contributed by atoms with Crippen LogP contribution in [0.25, 0.3) is 0 Å². The molecule has 25 heavy (non-hydrogen) atoms. The highest BCUT2D eigenvalue weighted by molar-refractivity contribution is 7.16. The fraction of sp³-hybridized carbons (Fsp3) is 0.368. The lowest BCUT2D eigenvalue weighted by Gasteiger charge is -2.38. The van der Waals surface area contributed by atoms with Crippen LogP contribution in [-0.4, -0.2) is 11.4 Å². The predicted octanol–water partition coefficient (Wildman–Crippen LogP) is 3.14. The first-order valence-electron chi connectivity index (χ1n) is 8.13. The van der Waals surface area contributed by atoms with E-state index in [1.165, 1.54) is 35.6 Å². The smallest absolute Gasteiger partial charge is 0.256 e. The van der Waals surface area contributed by atoms with Gasteiger partial charge >= 0.3 is 0 Å². The van der Waals surface area contributed by atoms with Gasteiger partial charge in [-0.25, -0.2) is 4.39 Å². The topological polar surface area (TPSA) is 69.5 Å². The molecule has 0 saturated heterocycles. The Kier molecular flexibility index (Phi) is 4.18. The van der Waals surface area contributed by atoms with Crippen molar-refractivity contribution in [1.29, 1.82) is 5.26 Å². The number of halogens is 1. The minimum Gasteiger partial charge on any atom is -0.333 e. The molecule has 0 radical (unpaired) electrons. The standard InChI is InChI=1S/C19H20FN3OS/c1-18(2)9-13-14(10-21)17(25-15(13)19(3,4)23-18)22-16(24)11-5-7-12(20)8-6-11/h5-8,23H,9H2,1-4H3,(H,22,24)/p+1.